The van der Waals surface area contributed by atoms with Crippen LogP contribution in [-0.4, -0.2) is 21.8 Å². The molecule has 0 aliphatic rings. The van der Waals surface area contributed by atoms with Crippen LogP contribution in [0.3, 0.4) is 0 Å². The van der Waals surface area contributed by atoms with E-state index in [1.807, 2.05) is 38.4 Å². The van der Waals surface area contributed by atoms with Gasteiger partial charge in [-0.2, -0.15) is 0 Å². The number of aromatic carboxylic acids is 1. The Bertz CT molecular complexity index is 636. The third kappa shape index (κ3) is 6.43. The number of aromatic nitrogens is 1. The van der Waals surface area contributed by atoms with Crippen molar-refractivity contribution in [2.75, 3.05) is 0 Å². The number of rotatable bonds is 5. The van der Waals surface area contributed by atoms with E-state index in [9.17, 15) is 9.59 Å². The summed E-state index contributed by atoms with van der Waals surface area (Å²) >= 11 is 0. The van der Waals surface area contributed by atoms with Gasteiger partial charge in [-0.15, -0.1) is 0 Å². The van der Waals surface area contributed by atoms with Crippen LogP contribution < -0.4 is 0 Å². The molecule has 0 saturated carbocycles. The highest BCUT2D eigenvalue weighted by Crippen LogP contribution is 2.12. The average Bonchev–Trinajstić information content (AvgIpc) is 2.56. The molecule has 0 fully saturated rings. The molecule has 1 aromatic carbocycles. The summed E-state index contributed by atoms with van der Waals surface area (Å²) in [6.07, 6.45) is 4.93. The highest BCUT2D eigenvalue weighted by atomic mass is 16.4. The first-order valence-corrected chi connectivity index (χ1v) is 7.68. The Kier molecular flexibility index (Phi) is 7.67. The molecule has 0 bridgehead atoms. The molecule has 0 amide bonds. The maximum absolute atomic E-state index is 11.5. The van der Waals surface area contributed by atoms with Crippen LogP contribution in [-0.2, 0) is 17.6 Å². The van der Waals surface area contributed by atoms with Gasteiger partial charge in [0.2, 0.25) is 0 Å². The lowest BCUT2D eigenvalue weighted by Crippen LogP contribution is -2.13. The van der Waals surface area contributed by atoms with Crippen molar-refractivity contribution in [1.82, 2.24) is 4.98 Å². The molecular weight excluding hydrogens is 290 g/mol. The average molecular weight is 313 g/mol. The van der Waals surface area contributed by atoms with E-state index in [2.05, 4.69) is 11.9 Å². The summed E-state index contributed by atoms with van der Waals surface area (Å²) in [7, 11) is 0. The minimum atomic E-state index is -0.984. The van der Waals surface area contributed by atoms with Gasteiger partial charge in [0, 0.05) is 24.7 Å². The van der Waals surface area contributed by atoms with Crippen LogP contribution in [0.15, 0.2) is 48.8 Å². The number of Topliss-reactive ketones (excluding diaryl/α,β-unsaturated/α-hetero) is 1. The summed E-state index contributed by atoms with van der Waals surface area (Å²) < 4.78 is 0. The molecule has 0 aliphatic carbocycles. The van der Waals surface area contributed by atoms with Crippen LogP contribution >= 0.6 is 0 Å². The van der Waals surface area contributed by atoms with Crippen LogP contribution in [0.1, 0.15) is 42.3 Å². The van der Waals surface area contributed by atoms with Gasteiger partial charge in [0.1, 0.15) is 5.78 Å². The van der Waals surface area contributed by atoms with Crippen molar-refractivity contribution in [3.63, 3.8) is 0 Å². The van der Waals surface area contributed by atoms with Crippen molar-refractivity contribution in [3.05, 3.63) is 65.5 Å². The van der Waals surface area contributed by atoms with Crippen molar-refractivity contribution < 1.29 is 14.7 Å². The monoisotopic (exact) mass is 313 g/mol. The Balaban J connectivity index is 0.000000277. The minimum absolute atomic E-state index is 0.0590. The molecule has 4 heteroatoms. The van der Waals surface area contributed by atoms with E-state index in [0.717, 1.165) is 6.42 Å². The number of hydrogen-bond acceptors (Lipinski definition) is 3. The number of carbonyl (C=O) groups is 2. The molecule has 1 N–H and O–H groups in total. The SMILES string of the molecule is CC(C)C(=O)Cc1ccccc1C(=O)O.CCc1ccncc1. The van der Waals surface area contributed by atoms with Crippen LogP contribution in [0.5, 0.6) is 0 Å². The van der Waals surface area contributed by atoms with Gasteiger partial charge in [0.05, 0.1) is 5.56 Å². The smallest absolute Gasteiger partial charge is 0.335 e. The van der Waals surface area contributed by atoms with Gasteiger partial charge in [-0.05, 0) is 35.7 Å². The van der Waals surface area contributed by atoms with Crippen molar-refractivity contribution in [2.45, 2.75) is 33.6 Å². The molecule has 122 valence electrons. The van der Waals surface area contributed by atoms with Gasteiger partial charge >= 0.3 is 5.97 Å². The Hall–Kier alpha value is -2.49. The maximum Gasteiger partial charge on any atom is 0.335 e. The summed E-state index contributed by atoms with van der Waals surface area (Å²) in [6, 6.07) is 10.7. The van der Waals surface area contributed by atoms with Crippen LogP contribution in [0.4, 0.5) is 0 Å². The highest BCUT2D eigenvalue weighted by molar-refractivity contribution is 5.92. The van der Waals surface area contributed by atoms with Crippen molar-refractivity contribution in [2.24, 2.45) is 5.92 Å². The molecule has 1 heterocycles. The third-order valence-electron chi connectivity index (χ3n) is 3.41. The van der Waals surface area contributed by atoms with E-state index in [1.54, 1.807) is 18.2 Å². The van der Waals surface area contributed by atoms with Gasteiger partial charge in [-0.1, -0.05) is 39.0 Å². The predicted molar refractivity (Wildman–Crippen MR) is 90.6 cm³/mol. The fourth-order valence-electron chi connectivity index (χ4n) is 1.89. The van der Waals surface area contributed by atoms with Crippen molar-refractivity contribution >= 4 is 11.8 Å². The zero-order valence-electron chi connectivity index (χ0n) is 13.8. The largest absolute Gasteiger partial charge is 0.478 e. The summed E-state index contributed by atoms with van der Waals surface area (Å²) in [4.78, 5) is 26.2. The van der Waals surface area contributed by atoms with Gasteiger partial charge in [0.15, 0.2) is 0 Å². The second-order valence-electron chi connectivity index (χ2n) is 5.47. The molecule has 4 nitrogen and oxygen atoms in total. The quantitative estimate of drug-likeness (QED) is 0.911. The standard InChI is InChI=1S/C12H14O3.C7H9N/c1-8(2)11(13)7-9-5-3-4-6-10(9)12(14)15;1-2-7-3-5-8-6-4-7/h3-6,8H,7H2,1-2H3,(H,14,15);3-6H,2H2,1H3. The zero-order valence-corrected chi connectivity index (χ0v) is 13.8. The lowest BCUT2D eigenvalue weighted by atomic mass is 9.97. The molecular formula is C19H23NO3. The number of hydrogen-bond donors (Lipinski definition) is 1. The van der Waals surface area contributed by atoms with Crippen LogP contribution in [0.2, 0.25) is 0 Å². The lowest BCUT2D eigenvalue weighted by Gasteiger charge is -2.06. The molecule has 0 spiro atoms. The molecule has 1 aromatic heterocycles. The van der Waals surface area contributed by atoms with E-state index in [1.165, 1.54) is 11.6 Å². The number of nitrogens with zero attached hydrogens (tertiary/aromatic N) is 1. The summed E-state index contributed by atoms with van der Waals surface area (Å²) in [5, 5.41) is 8.91. The molecule has 0 unspecified atom stereocenters. The van der Waals surface area contributed by atoms with E-state index in [-0.39, 0.29) is 23.7 Å². The molecule has 2 rings (SSSR count). The Morgan fingerprint density at radius 1 is 1.09 bits per heavy atom. The fraction of sp³-hybridized carbons (Fsp3) is 0.316. The van der Waals surface area contributed by atoms with Crippen molar-refractivity contribution in [1.29, 1.82) is 0 Å². The number of carbonyl (C=O) groups excluding carboxylic acids is 1. The molecule has 0 radical (unpaired) electrons. The number of benzene rings is 1. The number of aryl methyl sites for hydroxylation is 1. The van der Waals surface area contributed by atoms with Gasteiger partial charge in [-0.3, -0.25) is 9.78 Å². The van der Waals surface area contributed by atoms with Crippen molar-refractivity contribution in [3.8, 4) is 0 Å². The normalized spacial score (nSPS) is 9.91. The van der Waals surface area contributed by atoms with E-state index >= 15 is 0 Å². The van der Waals surface area contributed by atoms with Gasteiger partial charge in [0.25, 0.3) is 0 Å². The van der Waals surface area contributed by atoms with Gasteiger partial charge in [-0.25, -0.2) is 4.79 Å². The summed E-state index contributed by atoms with van der Waals surface area (Å²) in [6.45, 7) is 5.76. The third-order valence-corrected chi connectivity index (χ3v) is 3.41. The van der Waals surface area contributed by atoms with Crippen LogP contribution in [0.25, 0.3) is 0 Å². The number of ketones is 1. The minimum Gasteiger partial charge on any atom is -0.478 e. The molecule has 2 aromatic rings. The first-order valence-electron chi connectivity index (χ1n) is 7.68. The summed E-state index contributed by atoms with van der Waals surface area (Å²) in [5.74, 6) is -0.988. The zero-order chi connectivity index (χ0) is 17.2. The Morgan fingerprint density at radius 3 is 2.17 bits per heavy atom. The van der Waals surface area contributed by atoms with E-state index in [4.69, 9.17) is 5.11 Å². The fourth-order valence-corrected chi connectivity index (χ4v) is 1.89. The van der Waals surface area contributed by atoms with Gasteiger partial charge < -0.3 is 5.11 Å². The number of pyridine rings is 1. The van der Waals surface area contributed by atoms with E-state index < -0.39 is 5.97 Å². The summed E-state index contributed by atoms with van der Waals surface area (Å²) in [5.41, 5.74) is 2.15. The molecule has 0 saturated heterocycles. The molecule has 0 aliphatic heterocycles. The number of carboxylic acids is 1. The first kappa shape index (κ1) is 18.6. The van der Waals surface area contributed by atoms with Crippen LogP contribution in [0, 0.1) is 5.92 Å². The second kappa shape index (κ2) is 9.51. The Labute approximate surface area is 137 Å². The topological polar surface area (TPSA) is 67.3 Å². The highest BCUT2D eigenvalue weighted by Gasteiger charge is 2.14. The predicted octanol–water partition coefficient (Wildman–Crippen LogP) is 3.80. The number of carboxylic acid groups (broad SMARTS) is 1. The molecule has 23 heavy (non-hydrogen) atoms. The lowest BCUT2D eigenvalue weighted by molar-refractivity contribution is -0.121. The first-order chi connectivity index (χ1) is 11.0. The molecule has 0 atom stereocenters. The Morgan fingerprint density at radius 2 is 1.70 bits per heavy atom. The second-order valence-corrected chi connectivity index (χ2v) is 5.47. The van der Waals surface area contributed by atoms with E-state index in [0.29, 0.717) is 5.56 Å². The maximum atomic E-state index is 11.5.